The van der Waals surface area contributed by atoms with Crippen LogP contribution in [-0.2, 0) is 14.8 Å². The Bertz CT molecular complexity index is 640. The summed E-state index contributed by atoms with van der Waals surface area (Å²) in [5.74, 6) is -2.26. The molecule has 0 spiro atoms. The number of nitro benzene ring substituents is 1. The number of carboxylic acid groups (broad SMARTS) is 1. The van der Waals surface area contributed by atoms with E-state index in [1.807, 2.05) is 0 Å². The van der Waals surface area contributed by atoms with Crippen LogP contribution in [-0.4, -0.2) is 24.4 Å². The maximum Gasteiger partial charge on any atom is 0.311 e. The number of aliphatic carboxylic acids is 1. The normalized spacial score (nSPS) is 12.9. The highest BCUT2D eigenvalue weighted by molar-refractivity contribution is 7.89. The van der Waals surface area contributed by atoms with E-state index in [0.29, 0.717) is 6.42 Å². The van der Waals surface area contributed by atoms with Crippen LogP contribution in [0.15, 0.2) is 23.1 Å². The maximum atomic E-state index is 11.2. The molecule has 0 fully saturated rings. The van der Waals surface area contributed by atoms with Gasteiger partial charge in [0.2, 0.25) is 10.0 Å². The minimum atomic E-state index is -4.09. The quantitative estimate of drug-likeness (QED) is 0.597. The molecule has 9 heteroatoms. The number of carboxylic acids is 1. The number of hydrogen-bond acceptors (Lipinski definition) is 5. The molecule has 0 bridgehead atoms. The molecule has 1 rings (SSSR count). The number of primary sulfonamides is 1. The molecule has 1 unspecified atom stereocenters. The predicted molar refractivity (Wildman–Crippen MR) is 69.8 cm³/mol. The standard InChI is InChI=1S/C11H14N2O6S/c1-2-3-9(11(14)15)8-5-4-7(20(12,18)19)6-10(8)13(16)17/h4-6,9H,2-3H2,1H3,(H,14,15)(H2,12,18,19). The smallest absolute Gasteiger partial charge is 0.311 e. The van der Waals surface area contributed by atoms with Crippen molar-refractivity contribution in [1.29, 1.82) is 0 Å². The second-order valence-corrected chi connectivity index (χ2v) is 5.76. The first-order chi connectivity index (χ1) is 9.18. The van der Waals surface area contributed by atoms with Crippen LogP contribution in [0.3, 0.4) is 0 Å². The number of sulfonamides is 1. The van der Waals surface area contributed by atoms with E-state index in [4.69, 9.17) is 10.2 Å². The van der Waals surface area contributed by atoms with Crippen LogP contribution < -0.4 is 5.14 Å². The van der Waals surface area contributed by atoms with Crippen molar-refractivity contribution in [3.05, 3.63) is 33.9 Å². The molecule has 0 saturated carbocycles. The van der Waals surface area contributed by atoms with Gasteiger partial charge in [0, 0.05) is 11.6 Å². The van der Waals surface area contributed by atoms with E-state index in [2.05, 4.69) is 0 Å². The lowest BCUT2D eigenvalue weighted by Crippen LogP contribution is -2.16. The topological polar surface area (TPSA) is 141 Å². The molecule has 0 aliphatic carbocycles. The summed E-state index contributed by atoms with van der Waals surface area (Å²) in [6, 6.07) is 2.99. The molecule has 1 atom stereocenters. The molecular weight excluding hydrogens is 288 g/mol. The van der Waals surface area contributed by atoms with Gasteiger partial charge in [0.15, 0.2) is 0 Å². The minimum absolute atomic E-state index is 0.0308. The zero-order chi connectivity index (χ0) is 15.5. The summed E-state index contributed by atoms with van der Waals surface area (Å²) >= 11 is 0. The first-order valence-electron chi connectivity index (χ1n) is 5.72. The largest absolute Gasteiger partial charge is 0.481 e. The lowest BCUT2D eigenvalue weighted by Gasteiger charge is -2.12. The number of nitro groups is 1. The maximum absolute atomic E-state index is 11.2. The summed E-state index contributed by atoms with van der Waals surface area (Å²) in [6.45, 7) is 1.75. The highest BCUT2D eigenvalue weighted by Crippen LogP contribution is 2.31. The average molecular weight is 302 g/mol. The third kappa shape index (κ3) is 3.52. The summed E-state index contributed by atoms with van der Waals surface area (Å²) in [6.07, 6.45) is 0.732. The van der Waals surface area contributed by atoms with Gasteiger partial charge in [0.25, 0.3) is 5.69 Å². The summed E-state index contributed by atoms with van der Waals surface area (Å²) in [4.78, 5) is 21.0. The van der Waals surface area contributed by atoms with E-state index in [1.54, 1.807) is 6.92 Å². The highest BCUT2D eigenvalue weighted by Gasteiger charge is 2.28. The van der Waals surface area contributed by atoms with Crippen LogP contribution >= 0.6 is 0 Å². The Hall–Kier alpha value is -2.00. The van der Waals surface area contributed by atoms with Gasteiger partial charge < -0.3 is 5.11 Å². The lowest BCUT2D eigenvalue weighted by atomic mass is 9.93. The van der Waals surface area contributed by atoms with Crippen molar-refractivity contribution >= 4 is 21.7 Å². The molecule has 1 aromatic rings. The highest BCUT2D eigenvalue weighted by atomic mass is 32.2. The Morgan fingerprint density at radius 2 is 2.10 bits per heavy atom. The lowest BCUT2D eigenvalue weighted by molar-refractivity contribution is -0.385. The van der Waals surface area contributed by atoms with Gasteiger partial charge in [-0.25, -0.2) is 13.6 Å². The van der Waals surface area contributed by atoms with Gasteiger partial charge in [0.05, 0.1) is 15.7 Å². The van der Waals surface area contributed by atoms with E-state index in [9.17, 15) is 23.3 Å². The Labute approximate surface area is 115 Å². The van der Waals surface area contributed by atoms with Crippen molar-refractivity contribution in [2.24, 2.45) is 5.14 Å². The van der Waals surface area contributed by atoms with E-state index in [0.717, 1.165) is 18.2 Å². The van der Waals surface area contributed by atoms with Gasteiger partial charge >= 0.3 is 5.97 Å². The van der Waals surface area contributed by atoms with Gasteiger partial charge in [-0.15, -0.1) is 0 Å². The molecule has 0 saturated heterocycles. The molecule has 8 nitrogen and oxygen atoms in total. The zero-order valence-electron chi connectivity index (χ0n) is 10.6. The summed E-state index contributed by atoms with van der Waals surface area (Å²) in [7, 11) is -4.09. The van der Waals surface area contributed by atoms with Crippen LogP contribution in [0.25, 0.3) is 0 Å². The molecule has 1 aromatic carbocycles. The number of benzene rings is 1. The van der Waals surface area contributed by atoms with Crippen molar-refractivity contribution in [3.63, 3.8) is 0 Å². The van der Waals surface area contributed by atoms with Crippen molar-refractivity contribution in [2.75, 3.05) is 0 Å². The third-order valence-corrected chi connectivity index (χ3v) is 3.69. The van der Waals surface area contributed by atoms with Crippen LogP contribution in [0, 0.1) is 10.1 Å². The fraction of sp³-hybridized carbons (Fsp3) is 0.364. The second kappa shape index (κ2) is 5.97. The number of nitrogens with two attached hydrogens (primary N) is 1. The van der Waals surface area contributed by atoms with Crippen LogP contribution in [0.1, 0.15) is 31.2 Å². The average Bonchev–Trinajstić information content (AvgIpc) is 2.33. The van der Waals surface area contributed by atoms with Crippen molar-refractivity contribution in [3.8, 4) is 0 Å². The van der Waals surface area contributed by atoms with Crippen molar-refractivity contribution in [1.82, 2.24) is 0 Å². The fourth-order valence-corrected chi connectivity index (χ4v) is 2.39. The van der Waals surface area contributed by atoms with E-state index in [1.165, 1.54) is 0 Å². The molecule has 0 aliphatic heterocycles. The predicted octanol–water partition coefficient (Wildman–Crippen LogP) is 1.21. The molecule has 0 aromatic heterocycles. The summed E-state index contributed by atoms with van der Waals surface area (Å²) in [5.41, 5.74) is -0.589. The van der Waals surface area contributed by atoms with Gasteiger partial charge in [-0.3, -0.25) is 14.9 Å². The van der Waals surface area contributed by atoms with Gasteiger partial charge in [-0.05, 0) is 18.6 Å². The number of hydrogen-bond donors (Lipinski definition) is 2. The summed E-state index contributed by atoms with van der Waals surface area (Å²) in [5, 5.41) is 25.0. The molecule has 110 valence electrons. The molecule has 3 N–H and O–H groups in total. The molecule has 0 radical (unpaired) electrons. The van der Waals surface area contributed by atoms with Crippen molar-refractivity contribution < 1.29 is 23.2 Å². The van der Waals surface area contributed by atoms with Crippen LogP contribution in [0.4, 0.5) is 5.69 Å². The van der Waals surface area contributed by atoms with E-state index in [-0.39, 0.29) is 12.0 Å². The Morgan fingerprint density at radius 3 is 2.50 bits per heavy atom. The third-order valence-electron chi connectivity index (χ3n) is 2.78. The monoisotopic (exact) mass is 302 g/mol. The minimum Gasteiger partial charge on any atom is -0.481 e. The van der Waals surface area contributed by atoms with Crippen LogP contribution in [0.2, 0.25) is 0 Å². The van der Waals surface area contributed by atoms with Crippen molar-refractivity contribution in [2.45, 2.75) is 30.6 Å². The van der Waals surface area contributed by atoms with Crippen LogP contribution in [0.5, 0.6) is 0 Å². The second-order valence-electron chi connectivity index (χ2n) is 4.20. The fourth-order valence-electron chi connectivity index (χ4n) is 1.85. The van der Waals surface area contributed by atoms with Gasteiger partial charge in [0.1, 0.15) is 0 Å². The van der Waals surface area contributed by atoms with Gasteiger partial charge in [-0.1, -0.05) is 13.3 Å². The summed E-state index contributed by atoms with van der Waals surface area (Å²) < 4.78 is 22.4. The first-order valence-corrected chi connectivity index (χ1v) is 7.27. The molecular formula is C11H14N2O6S. The molecule has 20 heavy (non-hydrogen) atoms. The number of rotatable bonds is 6. The van der Waals surface area contributed by atoms with E-state index >= 15 is 0 Å². The Kier molecular flexibility index (Phi) is 4.79. The molecule has 0 aliphatic rings. The number of carbonyl (C=O) groups is 1. The van der Waals surface area contributed by atoms with Gasteiger partial charge in [-0.2, -0.15) is 0 Å². The van der Waals surface area contributed by atoms with E-state index < -0.39 is 37.4 Å². The Balaban J connectivity index is 3.47. The zero-order valence-corrected chi connectivity index (χ0v) is 11.5. The first kappa shape index (κ1) is 16.1. The Morgan fingerprint density at radius 1 is 1.50 bits per heavy atom. The molecule has 0 amide bonds. The number of nitrogens with zero attached hydrogens (tertiary/aromatic N) is 1. The SMILES string of the molecule is CCCC(C(=O)O)c1ccc(S(N)(=O)=O)cc1[N+](=O)[O-]. The molecule has 0 heterocycles.